The Labute approximate surface area is 183 Å². The first-order chi connectivity index (χ1) is 14.9. The lowest BCUT2D eigenvalue weighted by Gasteiger charge is -2.36. The van der Waals surface area contributed by atoms with Gasteiger partial charge < -0.3 is 14.7 Å². The Morgan fingerprint density at radius 1 is 1.00 bits per heavy atom. The van der Waals surface area contributed by atoms with Gasteiger partial charge in [0.25, 0.3) is 11.7 Å². The standard InChI is InChI=1S/C26H29NO4/c1-16-9-7-8-12-20(16)23-22(24(28)21-14-13-19(31-3)15-17(21)2)25(29)26(30)27(23)18-10-5-4-6-11-18/h7-9,12-15,18,23,28H,4-6,10-11H2,1-3H3/b24-22+. The van der Waals surface area contributed by atoms with Crippen molar-refractivity contribution in [2.45, 2.75) is 58.0 Å². The highest BCUT2D eigenvalue weighted by atomic mass is 16.5. The minimum atomic E-state index is -0.605. The van der Waals surface area contributed by atoms with Crippen LogP contribution in [0.5, 0.6) is 5.75 Å². The van der Waals surface area contributed by atoms with Crippen LogP contribution in [0.25, 0.3) is 5.76 Å². The third kappa shape index (κ3) is 3.73. The van der Waals surface area contributed by atoms with Crippen LogP contribution in [0, 0.1) is 13.8 Å². The third-order valence-corrected chi connectivity index (χ3v) is 6.62. The van der Waals surface area contributed by atoms with Gasteiger partial charge in [-0.05, 0) is 61.6 Å². The normalized spacial score (nSPS) is 21.5. The molecule has 162 valence electrons. The largest absolute Gasteiger partial charge is 0.507 e. The summed E-state index contributed by atoms with van der Waals surface area (Å²) in [6.45, 7) is 3.84. The number of rotatable bonds is 4. The van der Waals surface area contributed by atoms with Gasteiger partial charge in [-0.25, -0.2) is 0 Å². The second-order valence-electron chi connectivity index (χ2n) is 8.54. The van der Waals surface area contributed by atoms with Crippen LogP contribution in [0.4, 0.5) is 0 Å². The van der Waals surface area contributed by atoms with Crippen LogP contribution in [0.1, 0.15) is 60.4 Å². The Kier molecular flexibility index (Phi) is 5.86. The van der Waals surface area contributed by atoms with E-state index in [1.807, 2.05) is 44.2 Å². The molecule has 2 aliphatic rings. The predicted molar refractivity (Wildman–Crippen MR) is 120 cm³/mol. The van der Waals surface area contributed by atoms with E-state index in [-0.39, 0.29) is 17.4 Å². The number of aliphatic hydroxyl groups excluding tert-OH is 1. The van der Waals surface area contributed by atoms with Crippen LogP contribution in [-0.2, 0) is 9.59 Å². The zero-order valence-electron chi connectivity index (χ0n) is 18.4. The van der Waals surface area contributed by atoms with Crippen molar-refractivity contribution in [1.29, 1.82) is 0 Å². The molecule has 2 aromatic rings. The molecule has 1 amide bonds. The molecule has 5 heteroatoms. The van der Waals surface area contributed by atoms with E-state index in [0.717, 1.165) is 48.8 Å². The number of carbonyl (C=O) groups is 2. The number of likely N-dealkylation sites (tertiary alicyclic amines) is 1. The molecule has 0 spiro atoms. The monoisotopic (exact) mass is 419 g/mol. The molecular weight excluding hydrogens is 390 g/mol. The van der Waals surface area contributed by atoms with E-state index in [1.165, 1.54) is 0 Å². The first-order valence-electron chi connectivity index (χ1n) is 10.9. The molecule has 1 unspecified atom stereocenters. The van der Waals surface area contributed by atoms with Crippen LogP contribution in [0.15, 0.2) is 48.0 Å². The maximum Gasteiger partial charge on any atom is 0.295 e. The lowest BCUT2D eigenvalue weighted by Crippen LogP contribution is -2.40. The van der Waals surface area contributed by atoms with Gasteiger partial charge in [0.1, 0.15) is 11.5 Å². The number of hydrogen-bond acceptors (Lipinski definition) is 4. The number of ketones is 1. The molecule has 0 radical (unpaired) electrons. The number of benzene rings is 2. The van der Waals surface area contributed by atoms with Gasteiger partial charge in [0.05, 0.1) is 18.7 Å². The molecule has 0 aromatic heterocycles. The van der Waals surface area contributed by atoms with Crippen molar-refractivity contribution in [3.8, 4) is 5.75 Å². The summed E-state index contributed by atoms with van der Waals surface area (Å²) in [5.41, 5.74) is 3.39. The fourth-order valence-corrected chi connectivity index (χ4v) is 4.96. The van der Waals surface area contributed by atoms with Gasteiger partial charge in [-0.3, -0.25) is 9.59 Å². The van der Waals surface area contributed by atoms with Crippen molar-refractivity contribution in [2.24, 2.45) is 0 Å². The Morgan fingerprint density at radius 2 is 1.71 bits per heavy atom. The Bertz CT molecular complexity index is 1050. The zero-order valence-corrected chi connectivity index (χ0v) is 18.4. The molecule has 1 aliphatic heterocycles. The molecular formula is C26H29NO4. The van der Waals surface area contributed by atoms with Gasteiger partial charge in [0, 0.05) is 11.6 Å². The molecule has 5 nitrogen and oxygen atoms in total. The maximum absolute atomic E-state index is 13.3. The fraction of sp³-hybridized carbons (Fsp3) is 0.385. The molecule has 0 bridgehead atoms. The van der Waals surface area contributed by atoms with Crippen LogP contribution >= 0.6 is 0 Å². The zero-order chi connectivity index (χ0) is 22.1. The maximum atomic E-state index is 13.3. The highest BCUT2D eigenvalue weighted by Crippen LogP contribution is 2.44. The van der Waals surface area contributed by atoms with E-state index in [4.69, 9.17) is 4.74 Å². The molecule has 1 aliphatic carbocycles. The van der Waals surface area contributed by atoms with Crippen molar-refractivity contribution in [1.82, 2.24) is 4.90 Å². The van der Waals surface area contributed by atoms with E-state index in [0.29, 0.717) is 11.3 Å². The van der Waals surface area contributed by atoms with Crippen LogP contribution in [-0.4, -0.2) is 34.8 Å². The van der Waals surface area contributed by atoms with Crippen molar-refractivity contribution in [3.05, 3.63) is 70.3 Å². The van der Waals surface area contributed by atoms with Crippen molar-refractivity contribution < 1.29 is 19.4 Å². The summed E-state index contributed by atoms with van der Waals surface area (Å²) in [6.07, 6.45) is 5.02. The SMILES string of the molecule is COc1ccc(/C(O)=C2\C(=O)C(=O)N(C3CCCCC3)C2c2ccccc2C)c(C)c1. The van der Waals surface area contributed by atoms with E-state index in [1.54, 1.807) is 24.1 Å². The number of aryl methyl sites for hydroxylation is 2. The Hall–Kier alpha value is -3.08. The quantitative estimate of drug-likeness (QED) is 0.427. The summed E-state index contributed by atoms with van der Waals surface area (Å²) in [7, 11) is 1.59. The molecule has 1 saturated carbocycles. The van der Waals surface area contributed by atoms with Crippen molar-refractivity contribution in [2.75, 3.05) is 7.11 Å². The van der Waals surface area contributed by atoms with Gasteiger partial charge in [-0.2, -0.15) is 0 Å². The molecule has 1 heterocycles. The average Bonchev–Trinajstić information content (AvgIpc) is 3.04. The second kappa shape index (κ2) is 8.58. The Morgan fingerprint density at radius 3 is 2.35 bits per heavy atom. The number of carbonyl (C=O) groups excluding carboxylic acids is 2. The van der Waals surface area contributed by atoms with E-state index in [2.05, 4.69) is 0 Å². The predicted octanol–water partition coefficient (Wildman–Crippen LogP) is 5.07. The molecule has 1 atom stereocenters. The Balaban J connectivity index is 1.90. The van der Waals surface area contributed by atoms with Crippen LogP contribution in [0.3, 0.4) is 0 Å². The first kappa shape index (κ1) is 21.2. The summed E-state index contributed by atoms with van der Waals surface area (Å²) in [5.74, 6) is -0.559. The van der Waals surface area contributed by atoms with Gasteiger partial charge >= 0.3 is 0 Å². The lowest BCUT2D eigenvalue weighted by atomic mass is 9.89. The average molecular weight is 420 g/mol. The summed E-state index contributed by atoms with van der Waals surface area (Å²) < 4.78 is 5.27. The molecule has 4 rings (SSSR count). The number of nitrogens with zero attached hydrogens (tertiary/aromatic N) is 1. The summed E-state index contributed by atoms with van der Waals surface area (Å²) in [5, 5.41) is 11.3. The van der Waals surface area contributed by atoms with E-state index < -0.39 is 17.7 Å². The number of Topliss-reactive ketones (excluding diaryl/α,β-unsaturated/α-hetero) is 1. The molecule has 31 heavy (non-hydrogen) atoms. The summed E-state index contributed by atoms with van der Waals surface area (Å²) >= 11 is 0. The number of hydrogen-bond donors (Lipinski definition) is 1. The van der Waals surface area contributed by atoms with Crippen LogP contribution in [0.2, 0.25) is 0 Å². The highest BCUT2D eigenvalue weighted by molar-refractivity contribution is 6.46. The van der Waals surface area contributed by atoms with Gasteiger partial charge in [0.15, 0.2) is 0 Å². The lowest BCUT2D eigenvalue weighted by molar-refractivity contribution is -0.141. The summed E-state index contributed by atoms with van der Waals surface area (Å²) in [4.78, 5) is 28.3. The van der Waals surface area contributed by atoms with Crippen molar-refractivity contribution in [3.63, 3.8) is 0 Å². The fourth-order valence-electron chi connectivity index (χ4n) is 4.96. The molecule has 1 saturated heterocycles. The van der Waals surface area contributed by atoms with Crippen LogP contribution < -0.4 is 4.74 Å². The van der Waals surface area contributed by atoms with Gasteiger partial charge in [0.2, 0.25) is 0 Å². The van der Waals surface area contributed by atoms with Gasteiger partial charge in [-0.15, -0.1) is 0 Å². The number of methoxy groups -OCH3 is 1. The van der Waals surface area contributed by atoms with E-state index >= 15 is 0 Å². The minimum Gasteiger partial charge on any atom is -0.507 e. The molecule has 2 fully saturated rings. The first-order valence-corrected chi connectivity index (χ1v) is 10.9. The van der Waals surface area contributed by atoms with Crippen molar-refractivity contribution >= 4 is 17.4 Å². The van der Waals surface area contributed by atoms with E-state index in [9.17, 15) is 14.7 Å². The smallest absolute Gasteiger partial charge is 0.295 e. The van der Waals surface area contributed by atoms with Gasteiger partial charge in [-0.1, -0.05) is 43.5 Å². The molecule has 1 N–H and O–H groups in total. The highest BCUT2D eigenvalue weighted by Gasteiger charge is 2.49. The number of ether oxygens (including phenoxy) is 1. The topological polar surface area (TPSA) is 66.8 Å². The minimum absolute atomic E-state index is 0.0112. The summed E-state index contributed by atoms with van der Waals surface area (Å²) in [6, 6.07) is 12.5. The number of aliphatic hydroxyl groups is 1. The number of amides is 1. The second-order valence-corrected chi connectivity index (χ2v) is 8.54. The third-order valence-electron chi connectivity index (χ3n) is 6.62. The molecule has 2 aromatic carbocycles.